The summed E-state index contributed by atoms with van der Waals surface area (Å²) < 4.78 is 7.23. The van der Waals surface area contributed by atoms with Crippen LogP contribution >= 0.6 is 0 Å². The highest BCUT2D eigenvalue weighted by atomic mass is 16.5. The summed E-state index contributed by atoms with van der Waals surface area (Å²) in [6, 6.07) is 16.2. The third-order valence-corrected chi connectivity index (χ3v) is 4.24. The van der Waals surface area contributed by atoms with Gasteiger partial charge in [-0.25, -0.2) is 0 Å². The number of hydrogen-bond acceptors (Lipinski definition) is 2. The van der Waals surface area contributed by atoms with Gasteiger partial charge in [0, 0.05) is 31.7 Å². The lowest BCUT2D eigenvalue weighted by atomic mass is 10.1. The number of fused-ring (bicyclic) bond motifs is 1. The number of carbonyl (C=O) groups excluding carboxylic acids is 1. The molecule has 1 aromatic heterocycles. The fourth-order valence-corrected chi connectivity index (χ4v) is 2.75. The van der Waals surface area contributed by atoms with E-state index in [0.717, 1.165) is 17.7 Å². The van der Waals surface area contributed by atoms with Crippen molar-refractivity contribution >= 4 is 16.8 Å². The van der Waals surface area contributed by atoms with Gasteiger partial charge in [-0.05, 0) is 47.2 Å². The Labute approximate surface area is 142 Å². The summed E-state index contributed by atoms with van der Waals surface area (Å²) >= 11 is 0. The van der Waals surface area contributed by atoms with Crippen LogP contribution in [0.15, 0.2) is 54.7 Å². The van der Waals surface area contributed by atoms with E-state index in [1.165, 1.54) is 16.5 Å². The van der Waals surface area contributed by atoms with Gasteiger partial charge in [0.05, 0.1) is 7.11 Å². The number of methoxy groups -OCH3 is 1. The van der Waals surface area contributed by atoms with Gasteiger partial charge in [0.15, 0.2) is 0 Å². The number of nitrogens with one attached hydrogen (secondary N) is 1. The van der Waals surface area contributed by atoms with E-state index >= 15 is 0 Å². The van der Waals surface area contributed by atoms with E-state index in [9.17, 15) is 4.79 Å². The third kappa shape index (κ3) is 3.77. The molecular weight excluding hydrogens is 300 g/mol. The van der Waals surface area contributed by atoms with Gasteiger partial charge in [0.25, 0.3) is 0 Å². The summed E-state index contributed by atoms with van der Waals surface area (Å²) in [5, 5.41) is 4.19. The number of ether oxygens (including phenoxy) is 1. The van der Waals surface area contributed by atoms with Crippen molar-refractivity contribution in [3.63, 3.8) is 0 Å². The van der Waals surface area contributed by atoms with Gasteiger partial charge in [-0.1, -0.05) is 24.3 Å². The van der Waals surface area contributed by atoms with Crippen LogP contribution in [0.1, 0.15) is 17.5 Å². The van der Waals surface area contributed by atoms with Crippen molar-refractivity contribution in [2.24, 2.45) is 7.05 Å². The van der Waals surface area contributed by atoms with Gasteiger partial charge in [-0.3, -0.25) is 4.79 Å². The van der Waals surface area contributed by atoms with E-state index in [4.69, 9.17) is 4.74 Å². The monoisotopic (exact) mass is 322 g/mol. The van der Waals surface area contributed by atoms with E-state index in [1.807, 2.05) is 31.3 Å². The molecule has 0 atom stereocenters. The smallest absolute Gasteiger partial charge is 0.220 e. The largest absolute Gasteiger partial charge is 0.497 e. The first kappa shape index (κ1) is 16.1. The van der Waals surface area contributed by atoms with Crippen LogP contribution in [0.3, 0.4) is 0 Å². The van der Waals surface area contributed by atoms with Gasteiger partial charge >= 0.3 is 0 Å². The summed E-state index contributed by atoms with van der Waals surface area (Å²) in [6.45, 7) is 0.541. The van der Waals surface area contributed by atoms with Crippen LogP contribution in [0.4, 0.5) is 0 Å². The van der Waals surface area contributed by atoms with Gasteiger partial charge < -0.3 is 14.6 Å². The SMILES string of the molecule is COc1ccc(CNC(=O)CCc2ccc3ccn(C)c3c2)cc1. The molecule has 3 aromatic rings. The molecule has 0 radical (unpaired) electrons. The maximum absolute atomic E-state index is 12.1. The number of benzene rings is 2. The maximum Gasteiger partial charge on any atom is 0.220 e. The van der Waals surface area contributed by atoms with Crippen molar-refractivity contribution in [1.82, 2.24) is 9.88 Å². The summed E-state index contributed by atoms with van der Waals surface area (Å²) in [4.78, 5) is 12.1. The van der Waals surface area contributed by atoms with Crippen molar-refractivity contribution in [2.45, 2.75) is 19.4 Å². The normalized spacial score (nSPS) is 10.8. The molecule has 0 aliphatic heterocycles. The topological polar surface area (TPSA) is 43.3 Å². The number of rotatable bonds is 6. The molecule has 24 heavy (non-hydrogen) atoms. The van der Waals surface area contributed by atoms with Crippen LogP contribution in [-0.2, 0) is 24.8 Å². The molecular formula is C20H22N2O2. The first-order valence-electron chi connectivity index (χ1n) is 8.09. The zero-order valence-corrected chi connectivity index (χ0v) is 14.1. The fourth-order valence-electron chi connectivity index (χ4n) is 2.75. The van der Waals surface area contributed by atoms with Crippen molar-refractivity contribution in [3.05, 3.63) is 65.9 Å². The second-order valence-corrected chi connectivity index (χ2v) is 5.94. The average molecular weight is 322 g/mol. The molecule has 0 fully saturated rings. The van der Waals surface area contributed by atoms with Gasteiger partial charge in [-0.15, -0.1) is 0 Å². The summed E-state index contributed by atoms with van der Waals surface area (Å²) in [5.74, 6) is 0.888. The van der Waals surface area contributed by atoms with E-state index in [2.05, 4.69) is 40.3 Å². The zero-order valence-electron chi connectivity index (χ0n) is 14.1. The molecule has 1 amide bonds. The maximum atomic E-state index is 12.1. The Morgan fingerprint density at radius 1 is 1.08 bits per heavy atom. The predicted molar refractivity (Wildman–Crippen MR) is 96.1 cm³/mol. The fraction of sp³-hybridized carbons (Fsp3) is 0.250. The molecule has 0 aliphatic rings. The minimum Gasteiger partial charge on any atom is -0.497 e. The molecule has 4 heteroatoms. The summed E-state index contributed by atoms with van der Waals surface area (Å²) in [7, 11) is 3.68. The molecule has 3 rings (SSSR count). The number of amides is 1. The highest BCUT2D eigenvalue weighted by Gasteiger charge is 2.05. The molecule has 0 bridgehead atoms. The Morgan fingerprint density at radius 3 is 2.58 bits per heavy atom. The first-order valence-corrected chi connectivity index (χ1v) is 8.09. The lowest BCUT2D eigenvalue weighted by Gasteiger charge is -2.07. The molecule has 0 unspecified atom stereocenters. The minimum absolute atomic E-state index is 0.0674. The molecule has 4 nitrogen and oxygen atoms in total. The Bertz CT molecular complexity index is 834. The molecule has 1 heterocycles. The van der Waals surface area contributed by atoms with Crippen LogP contribution in [0.25, 0.3) is 10.9 Å². The van der Waals surface area contributed by atoms with Crippen LogP contribution in [0, 0.1) is 0 Å². The predicted octanol–water partition coefficient (Wildman–Crippen LogP) is 3.44. The summed E-state index contributed by atoms with van der Waals surface area (Å²) in [5.41, 5.74) is 3.45. The number of nitrogens with zero attached hydrogens (tertiary/aromatic N) is 1. The van der Waals surface area contributed by atoms with E-state index in [-0.39, 0.29) is 5.91 Å². The highest BCUT2D eigenvalue weighted by molar-refractivity contribution is 5.81. The Balaban J connectivity index is 1.51. The van der Waals surface area contributed by atoms with Gasteiger partial charge in [-0.2, -0.15) is 0 Å². The second kappa shape index (κ2) is 7.21. The molecule has 0 aliphatic carbocycles. The number of aromatic nitrogens is 1. The quantitative estimate of drug-likeness (QED) is 0.755. The van der Waals surface area contributed by atoms with Crippen LogP contribution in [-0.4, -0.2) is 17.6 Å². The lowest BCUT2D eigenvalue weighted by molar-refractivity contribution is -0.121. The van der Waals surface area contributed by atoms with Crippen LogP contribution in [0.2, 0.25) is 0 Å². The Morgan fingerprint density at radius 2 is 1.83 bits per heavy atom. The van der Waals surface area contributed by atoms with Crippen molar-refractivity contribution in [3.8, 4) is 5.75 Å². The average Bonchev–Trinajstić information content (AvgIpc) is 2.99. The van der Waals surface area contributed by atoms with Gasteiger partial charge in [0.1, 0.15) is 5.75 Å². The summed E-state index contributed by atoms with van der Waals surface area (Å²) in [6.07, 6.45) is 3.29. The van der Waals surface area contributed by atoms with Crippen molar-refractivity contribution in [2.75, 3.05) is 7.11 Å². The van der Waals surface area contributed by atoms with Crippen molar-refractivity contribution < 1.29 is 9.53 Å². The lowest BCUT2D eigenvalue weighted by Crippen LogP contribution is -2.22. The Hall–Kier alpha value is -2.75. The second-order valence-electron chi connectivity index (χ2n) is 5.94. The van der Waals surface area contributed by atoms with Crippen LogP contribution in [0.5, 0.6) is 5.75 Å². The molecule has 124 valence electrons. The standard InChI is InChI=1S/C20H22N2O2/c1-22-12-11-17-7-3-15(13-19(17)22)6-10-20(23)21-14-16-4-8-18(24-2)9-5-16/h3-5,7-9,11-13H,6,10,14H2,1-2H3,(H,21,23). The Kier molecular flexibility index (Phi) is 4.85. The van der Waals surface area contributed by atoms with E-state index in [1.54, 1.807) is 7.11 Å². The van der Waals surface area contributed by atoms with Gasteiger partial charge in [0.2, 0.25) is 5.91 Å². The molecule has 0 saturated heterocycles. The highest BCUT2D eigenvalue weighted by Crippen LogP contribution is 2.17. The molecule has 2 aromatic carbocycles. The molecule has 0 spiro atoms. The molecule has 0 saturated carbocycles. The zero-order chi connectivity index (χ0) is 16.9. The van der Waals surface area contributed by atoms with Crippen LogP contribution < -0.4 is 10.1 Å². The third-order valence-electron chi connectivity index (χ3n) is 4.24. The first-order chi connectivity index (χ1) is 11.7. The number of carbonyl (C=O) groups is 1. The van der Waals surface area contributed by atoms with Crippen molar-refractivity contribution in [1.29, 1.82) is 0 Å². The minimum atomic E-state index is 0.0674. The number of hydrogen-bond donors (Lipinski definition) is 1. The molecule has 1 N–H and O–H groups in total. The van der Waals surface area contributed by atoms with E-state index in [0.29, 0.717) is 13.0 Å². The van der Waals surface area contributed by atoms with E-state index < -0.39 is 0 Å². The number of aryl methyl sites for hydroxylation is 2.